The number of sulfonamides is 1. The predicted octanol–water partition coefficient (Wildman–Crippen LogP) is 4.83. The number of nitrogens with one attached hydrogen (secondary N) is 3. The molecule has 0 unspecified atom stereocenters. The van der Waals surface area contributed by atoms with Gasteiger partial charge in [0.2, 0.25) is 10.0 Å². The first kappa shape index (κ1) is 26.2. The minimum absolute atomic E-state index is 0.0814. The van der Waals surface area contributed by atoms with Crippen LogP contribution >= 0.6 is 28.1 Å². The molecule has 0 fully saturated rings. The number of thiocarbonyl (C=S) groups is 1. The monoisotopic (exact) mass is 541 g/mol. The van der Waals surface area contributed by atoms with Gasteiger partial charge in [0.1, 0.15) is 5.75 Å². The van der Waals surface area contributed by atoms with Gasteiger partial charge in [-0.2, -0.15) is 0 Å². The van der Waals surface area contributed by atoms with Crippen LogP contribution in [-0.4, -0.2) is 31.6 Å². The highest BCUT2D eigenvalue weighted by Gasteiger charge is 2.22. The zero-order valence-corrected chi connectivity index (χ0v) is 21.7. The van der Waals surface area contributed by atoms with E-state index in [1.54, 1.807) is 51.1 Å². The SMILES string of the molecule is CCCCOc1ccc(Br)cc1C(=O)NC(=S)Nc1ccc(S(=O)(=O)NC(C)(C)C)cc1. The van der Waals surface area contributed by atoms with Gasteiger partial charge in [-0.05, 0) is 81.9 Å². The van der Waals surface area contributed by atoms with Crippen LogP contribution in [0.2, 0.25) is 0 Å². The van der Waals surface area contributed by atoms with Gasteiger partial charge in [0.15, 0.2) is 5.11 Å². The second kappa shape index (κ2) is 11.2. The standard InChI is InChI=1S/C22H28BrN3O4S2/c1-5-6-13-30-19-12-7-15(23)14-18(19)20(27)25-21(31)24-16-8-10-17(11-9-16)32(28,29)26-22(2,3)4/h7-12,14,26H,5-6,13H2,1-4H3,(H2,24,25,27,31). The number of carbonyl (C=O) groups is 1. The maximum absolute atomic E-state index is 12.7. The van der Waals surface area contributed by atoms with E-state index in [4.69, 9.17) is 17.0 Å². The molecule has 0 aromatic heterocycles. The molecule has 2 aromatic rings. The van der Waals surface area contributed by atoms with E-state index in [2.05, 4.69) is 38.2 Å². The Balaban J connectivity index is 2.05. The van der Waals surface area contributed by atoms with Crippen molar-refractivity contribution in [3.63, 3.8) is 0 Å². The van der Waals surface area contributed by atoms with E-state index < -0.39 is 21.5 Å². The Hall–Kier alpha value is -2.01. The minimum Gasteiger partial charge on any atom is -0.493 e. The average molecular weight is 543 g/mol. The lowest BCUT2D eigenvalue weighted by atomic mass is 10.1. The molecule has 0 spiro atoms. The molecule has 174 valence electrons. The van der Waals surface area contributed by atoms with Crippen molar-refractivity contribution >= 4 is 54.9 Å². The summed E-state index contributed by atoms with van der Waals surface area (Å²) < 4.78 is 33.9. The van der Waals surface area contributed by atoms with Gasteiger partial charge in [0, 0.05) is 15.7 Å². The molecule has 2 aromatic carbocycles. The van der Waals surface area contributed by atoms with Gasteiger partial charge in [-0.15, -0.1) is 0 Å². The molecule has 10 heteroatoms. The molecule has 1 amide bonds. The lowest BCUT2D eigenvalue weighted by Gasteiger charge is -2.20. The number of amides is 1. The molecule has 32 heavy (non-hydrogen) atoms. The molecule has 0 atom stereocenters. The van der Waals surface area contributed by atoms with Crippen LogP contribution in [0.1, 0.15) is 50.9 Å². The van der Waals surface area contributed by atoms with Crippen LogP contribution in [0.5, 0.6) is 5.75 Å². The largest absolute Gasteiger partial charge is 0.493 e. The molecule has 7 nitrogen and oxygen atoms in total. The number of anilines is 1. The number of benzene rings is 2. The molecule has 0 heterocycles. The molecule has 0 radical (unpaired) electrons. The van der Waals surface area contributed by atoms with Gasteiger partial charge in [0.05, 0.1) is 17.1 Å². The van der Waals surface area contributed by atoms with E-state index in [9.17, 15) is 13.2 Å². The summed E-state index contributed by atoms with van der Waals surface area (Å²) in [5.74, 6) is 0.0618. The summed E-state index contributed by atoms with van der Waals surface area (Å²) in [6, 6.07) is 11.3. The smallest absolute Gasteiger partial charge is 0.261 e. The summed E-state index contributed by atoms with van der Waals surface area (Å²) in [7, 11) is -3.64. The van der Waals surface area contributed by atoms with Crippen LogP contribution in [0, 0.1) is 0 Å². The van der Waals surface area contributed by atoms with Crippen molar-refractivity contribution in [1.82, 2.24) is 10.0 Å². The van der Waals surface area contributed by atoms with Crippen molar-refractivity contribution in [2.24, 2.45) is 0 Å². The van der Waals surface area contributed by atoms with E-state index in [-0.39, 0.29) is 10.0 Å². The number of unbranched alkanes of at least 4 members (excludes halogenated alkanes) is 1. The lowest BCUT2D eigenvalue weighted by molar-refractivity contribution is 0.0973. The van der Waals surface area contributed by atoms with Gasteiger partial charge < -0.3 is 10.1 Å². The van der Waals surface area contributed by atoms with Crippen molar-refractivity contribution in [1.29, 1.82) is 0 Å². The van der Waals surface area contributed by atoms with Crippen molar-refractivity contribution < 1.29 is 17.9 Å². The number of halogens is 1. The quantitative estimate of drug-likeness (QED) is 0.327. The van der Waals surface area contributed by atoms with Crippen molar-refractivity contribution in [3.8, 4) is 5.75 Å². The highest BCUT2D eigenvalue weighted by Crippen LogP contribution is 2.24. The minimum atomic E-state index is -3.64. The Morgan fingerprint density at radius 3 is 2.38 bits per heavy atom. The molecular weight excluding hydrogens is 514 g/mol. The number of hydrogen-bond acceptors (Lipinski definition) is 5. The van der Waals surface area contributed by atoms with E-state index in [1.165, 1.54) is 12.1 Å². The highest BCUT2D eigenvalue weighted by atomic mass is 79.9. The summed E-state index contributed by atoms with van der Waals surface area (Å²) in [6.07, 6.45) is 1.87. The van der Waals surface area contributed by atoms with Crippen LogP contribution in [0.25, 0.3) is 0 Å². The topological polar surface area (TPSA) is 96.5 Å². The zero-order valence-electron chi connectivity index (χ0n) is 18.5. The molecular formula is C22H28BrN3O4S2. The van der Waals surface area contributed by atoms with E-state index in [1.807, 2.05) is 0 Å². The Morgan fingerprint density at radius 1 is 1.12 bits per heavy atom. The molecule has 0 saturated heterocycles. The summed E-state index contributed by atoms with van der Waals surface area (Å²) in [5, 5.41) is 5.60. The van der Waals surface area contributed by atoms with Crippen LogP contribution < -0.4 is 20.1 Å². The normalized spacial score (nSPS) is 11.7. The maximum atomic E-state index is 12.7. The Kier molecular flexibility index (Phi) is 9.20. The van der Waals surface area contributed by atoms with Crippen LogP contribution in [0.3, 0.4) is 0 Å². The summed E-state index contributed by atoms with van der Waals surface area (Å²) in [5.41, 5.74) is 0.306. The summed E-state index contributed by atoms with van der Waals surface area (Å²) >= 11 is 8.62. The van der Waals surface area contributed by atoms with Crippen molar-refractivity contribution in [2.75, 3.05) is 11.9 Å². The van der Waals surface area contributed by atoms with Gasteiger partial charge in [-0.3, -0.25) is 10.1 Å². The van der Waals surface area contributed by atoms with Crippen LogP contribution in [-0.2, 0) is 10.0 Å². The first-order valence-electron chi connectivity index (χ1n) is 10.1. The number of hydrogen-bond donors (Lipinski definition) is 3. The predicted molar refractivity (Wildman–Crippen MR) is 135 cm³/mol. The third-order valence-electron chi connectivity index (χ3n) is 4.03. The maximum Gasteiger partial charge on any atom is 0.261 e. The molecule has 0 bridgehead atoms. The Morgan fingerprint density at radius 2 is 1.78 bits per heavy atom. The van der Waals surface area contributed by atoms with Gasteiger partial charge in [0.25, 0.3) is 5.91 Å². The molecule has 3 N–H and O–H groups in total. The lowest BCUT2D eigenvalue weighted by Crippen LogP contribution is -2.40. The Labute approximate surface area is 203 Å². The van der Waals surface area contributed by atoms with Crippen LogP contribution in [0.15, 0.2) is 51.8 Å². The second-order valence-electron chi connectivity index (χ2n) is 8.13. The van der Waals surface area contributed by atoms with E-state index in [0.29, 0.717) is 23.6 Å². The fourth-order valence-electron chi connectivity index (χ4n) is 2.64. The molecule has 0 aliphatic heterocycles. The van der Waals surface area contributed by atoms with Crippen molar-refractivity contribution in [2.45, 2.75) is 51.0 Å². The number of rotatable bonds is 8. The summed E-state index contributed by atoms with van der Waals surface area (Å²) in [4.78, 5) is 12.9. The van der Waals surface area contributed by atoms with Gasteiger partial charge in [-0.25, -0.2) is 13.1 Å². The number of carbonyl (C=O) groups excluding carboxylic acids is 1. The fraction of sp³-hybridized carbons (Fsp3) is 0.364. The third-order valence-corrected chi connectivity index (χ3v) is 6.50. The summed E-state index contributed by atoms with van der Waals surface area (Å²) in [6.45, 7) is 7.89. The highest BCUT2D eigenvalue weighted by molar-refractivity contribution is 9.10. The van der Waals surface area contributed by atoms with Gasteiger partial charge in [-0.1, -0.05) is 29.3 Å². The second-order valence-corrected chi connectivity index (χ2v) is 11.1. The molecule has 0 aliphatic carbocycles. The van der Waals surface area contributed by atoms with E-state index in [0.717, 1.165) is 17.3 Å². The first-order valence-corrected chi connectivity index (χ1v) is 12.8. The van der Waals surface area contributed by atoms with Crippen LogP contribution in [0.4, 0.5) is 5.69 Å². The molecule has 0 saturated carbocycles. The zero-order chi connectivity index (χ0) is 23.9. The molecule has 2 rings (SSSR count). The average Bonchev–Trinajstić information content (AvgIpc) is 2.67. The molecule has 0 aliphatic rings. The first-order chi connectivity index (χ1) is 14.9. The van der Waals surface area contributed by atoms with Gasteiger partial charge >= 0.3 is 0 Å². The fourth-order valence-corrected chi connectivity index (χ4v) is 4.63. The van der Waals surface area contributed by atoms with E-state index >= 15 is 0 Å². The van der Waals surface area contributed by atoms with Crippen molar-refractivity contribution in [3.05, 3.63) is 52.5 Å². The number of ether oxygens (including phenoxy) is 1. The Bertz CT molecular complexity index is 1070. The third kappa shape index (κ3) is 8.16.